The average Bonchev–Trinajstić information content (AvgIpc) is 3.45. The van der Waals surface area contributed by atoms with Gasteiger partial charge in [0.15, 0.2) is 0 Å². The molecule has 0 saturated carbocycles. The highest BCUT2D eigenvalue weighted by Gasteiger charge is 2.25. The van der Waals surface area contributed by atoms with Crippen molar-refractivity contribution in [3.63, 3.8) is 0 Å². The summed E-state index contributed by atoms with van der Waals surface area (Å²) in [6.07, 6.45) is 8.42. The highest BCUT2D eigenvalue weighted by Crippen LogP contribution is 2.29. The summed E-state index contributed by atoms with van der Waals surface area (Å²) in [7, 11) is 0. The van der Waals surface area contributed by atoms with E-state index in [4.69, 9.17) is 9.72 Å². The molecule has 2 aromatic heterocycles. The predicted octanol–water partition coefficient (Wildman–Crippen LogP) is 3.59. The molecule has 8 nitrogen and oxygen atoms in total. The molecule has 186 valence electrons. The van der Waals surface area contributed by atoms with Crippen LogP contribution in [0.25, 0.3) is 5.82 Å². The normalized spacial score (nSPS) is 17.0. The Morgan fingerprint density at radius 2 is 1.77 bits per heavy atom. The predicted molar refractivity (Wildman–Crippen MR) is 138 cm³/mol. The summed E-state index contributed by atoms with van der Waals surface area (Å²) >= 11 is 0. The van der Waals surface area contributed by atoms with E-state index in [1.54, 1.807) is 6.20 Å². The molecule has 4 heterocycles. The summed E-state index contributed by atoms with van der Waals surface area (Å²) in [5.41, 5.74) is 5.62. The van der Waals surface area contributed by atoms with Crippen LogP contribution >= 0.6 is 0 Å². The van der Waals surface area contributed by atoms with Gasteiger partial charge < -0.3 is 19.7 Å². The molecule has 2 N–H and O–H groups in total. The van der Waals surface area contributed by atoms with Gasteiger partial charge in [-0.2, -0.15) is 4.98 Å². The van der Waals surface area contributed by atoms with Crippen molar-refractivity contribution in [1.29, 1.82) is 0 Å². The van der Waals surface area contributed by atoms with Crippen molar-refractivity contribution in [3.05, 3.63) is 59.0 Å². The Hall–Kier alpha value is -2.94. The number of nitrogens with one attached hydrogen (secondary N) is 1. The Morgan fingerprint density at radius 3 is 2.49 bits per heavy atom. The average molecular weight is 477 g/mol. The summed E-state index contributed by atoms with van der Waals surface area (Å²) in [4.78, 5) is 13.9. The van der Waals surface area contributed by atoms with Crippen LogP contribution in [-0.4, -0.2) is 74.9 Å². The van der Waals surface area contributed by atoms with Gasteiger partial charge in [0.2, 0.25) is 5.95 Å². The van der Waals surface area contributed by atoms with Crippen molar-refractivity contribution in [2.75, 3.05) is 44.6 Å². The molecule has 3 aromatic rings. The smallest absolute Gasteiger partial charge is 0.229 e. The van der Waals surface area contributed by atoms with Gasteiger partial charge in [-0.05, 0) is 87.2 Å². The molecule has 2 aliphatic heterocycles. The molecule has 5 rings (SSSR count). The summed E-state index contributed by atoms with van der Waals surface area (Å²) in [6.45, 7) is 12.7. The topological polar surface area (TPSA) is 78.7 Å². The number of β-amino-alcohol motifs (C(OH)–C–C–N with tert-alkyl or cyclic N) is 1. The summed E-state index contributed by atoms with van der Waals surface area (Å²) in [5.74, 6) is 2.34. The van der Waals surface area contributed by atoms with E-state index in [2.05, 4.69) is 65.4 Å². The lowest BCUT2D eigenvalue weighted by atomic mass is 10.1. The molecular weight excluding hydrogens is 440 g/mol. The van der Waals surface area contributed by atoms with E-state index >= 15 is 0 Å². The zero-order valence-electron chi connectivity index (χ0n) is 21.0. The fourth-order valence-electron chi connectivity index (χ4n) is 5.02. The maximum absolute atomic E-state index is 9.55. The Bertz CT molecular complexity index is 1140. The Balaban J connectivity index is 1.24. The quantitative estimate of drug-likeness (QED) is 0.489. The number of benzene rings is 1. The molecular formula is C27H36N6O2. The van der Waals surface area contributed by atoms with E-state index in [0.29, 0.717) is 5.95 Å². The standard InChI is InChI=1S/C27H36N6O2/c1-19-12-23(13-20(2)26(19)35-11-10-31-8-4-5-9-31)29-27-28-7-6-25(30-27)33-14-21(3)22(16-33)15-32-17-24(34)18-32/h6-7,12-14,16,24,34H,4-5,8-11,15,17-18H2,1-3H3,(H,28,29,30). The number of hydrogen-bond donors (Lipinski definition) is 2. The van der Waals surface area contributed by atoms with E-state index in [1.807, 2.05) is 10.6 Å². The second-order valence-corrected chi connectivity index (χ2v) is 9.92. The molecule has 0 aliphatic carbocycles. The number of aliphatic hydroxyl groups is 1. The lowest BCUT2D eigenvalue weighted by Crippen LogP contribution is -2.49. The number of hydrogen-bond acceptors (Lipinski definition) is 7. The number of aromatic nitrogens is 3. The van der Waals surface area contributed by atoms with Gasteiger partial charge in [-0.3, -0.25) is 9.80 Å². The van der Waals surface area contributed by atoms with Crippen molar-refractivity contribution in [2.45, 2.75) is 46.3 Å². The first-order valence-corrected chi connectivity index (χ1v) is 12.6. The molecule has 0 bridgehead atoms. The Morgan fingerprint density at radius 1 is 1.03 bits per heavy atom. The lowest BCUT2D eigenvalue weighted by molar-refractivity contribution is -0.00295. The van der Waals surface area contributed by atoms with Gasteiger partial charge in [0, 0.05) is 50.5 Å². The van der Waals surface area contributed by atoms with E-state index in [1.165, 1.54) is 37.1 Å². The van der Waals surface area contributed by atoms with Crippen molar-refractivity contribution >= 4 is 11.6 Å². The van der Waals surface area contributed by atoms with Crippen molar-refractivity contribution < 1.29 is 9.84 Å². The van der Waals surface area contributed by atoms with Crippen LogP contribution in [0.15, 0.2) is 36.8 Å². The van der Waals surface area contributed by atoms with E-state index in [-0.39, 0.29) is 6.10 Å². The second-order valence-electron chi connectivity index (χ2n) is 9.92. The molecule has 8 heteroatoms. The van der Waals surface area contributed by atoms with Crippen LogP contribution in [0, 0.1) is 20.8 Å². The monoisotopic (exact) mass is 476 g/mol. The van der Waals surface area contributed by atoms with E-state index in [9.17, 15) is 5.11 Å². The van der Waals surface area contributed by atoms with Crippen LogP contribution in [0.2, 0.25) is 0 Å². The number of nitrogens with zero attached hydrogens (tertiary/aromatic N) is 5. The molecule has 0 atom stereocenters. The van der Waals surface area contributed by atoms with Gasteiger partial charge in [0.1, 0.15) is 18.2 Å². The third-order valence-electron chi connectivity index (χ3n) is 6.94. The van der Waals surface area contributed by atoms with Gasteiger partial charge in [0.05, 0.1) is 6.10 Å². The molecule has 2 saturated heterocycles. The van der Waals surface area contributed by atoms with Crippen LogP contribution in [0.3, 0.4) is 0 Å². The Kier molecular flexibility index (Phi) is 7.04. The highest BCUT2D eigenvalue weighted by atomic mass is 16.5. The first kappa shape index (κ1) is 23.8. The summed E-state index contributed by atoms with van der Waals surface area (Å²) in [5, 5.41) is 12.9. The zero-order chi connectivity index (χ0) is 24.4. The molecule has 35 heavy (non-hydrogen) atoms. The minimum Gasteiger partial charge on any atom is -0.492 e. The first-order chi connectivity index (χ1) is 16.9. The van der Waals surface area contributed by atoms with E-state index in [0.717, 1.165) is 61.2 Å². The Labute approximate surface area is 207 Å². The van der Waals surface area contributed by atoms with Crippen molar-refractivity contribution in [1.82, 2.24) is 24.3 Å². The lowest BCUT2D eigenvalue weighted by Gasteiger charge is -2.35. The molecule has 0 amide bonds. The van der Waals surface area contributed by atoms with Gasteiger partial charge in [-0.25, -0.2) is 4.98 Å². The van der Waals surface area contributed by atoms with Crippen LogP contribution < -0.4 is 10.1 Å². The number of aryl methyl sites for hydroxylation is 3. The summed E-state index contributed by atoms with van der Waals surface area (Å²) in [6, 6.07) is 6.09. The fourth-order valence-corrected chi connectivity index (χ4v) is 5.02. The zero-order valence-corrected chi connectivity index (χ0v) is 21.0. The highest BCUT2D eigenvalue weighted by molar-refractivity contribution is 5.60. The molecule has 2 fully saturated rings. The third kappa shape index (κ3) is 5.66. The molecule has 0 unspecified atom stereocenters. The largest absolute Gasteiger partial charge is 0.492 e. The van der Waals surface area contributed by atoms with Gasteiger partial charge in [-0.1, -0.05) is 0 Å². The van der Waals surface area contributed by atoms with Gasteiger partial charge in [0.25, 0.3) is 0 Å². The van der Waals surface area contributed by atoms with Crippen LogP contribution in [0.5, 0.6) is 5.75 Å². The van der Waals surface area contributed by atoms with Crippen LogP contribution in [-0.2, 0) is 6.54 Å². The number of rotatable bonds is 9. The molecule has 0 radical (unpaired) electrons. The molecule has 1 aromatic carbocycles. The van der Waals surface area contributed by atoms with Gasteiger partial charge in [-0.15, -0.1) is 0 Å². The molecule has 0 spiro atoms. The van der Waals surface area contributed by atoms with Crippen molar-refractivity contribution in [3.8, 4) is 11.6 Å². The number of likely N-dealkylation sites (tertiary alicyclic amines) is 2. The third-order valence-corrected chi connectivity index (χ3v) is 6.94. The number of aliphatic hydroxyl groups excluding tert-OH is 1. The minimum absolute atomic E-state index is 0.185. The maximum atomic E-state index is 9.55. The summed E-state index contributed by atoms with van der Waals surface area (Å²) < 4.78 is 8.19. The maximum Gasteiger partial charge on any atom is 0.229 e. The van der Waals surface area contributed by atoms with Crippen LogP contribution in [0.1, 0.15) is 35.1 Å². The molecule has 2 aliphatic rings. The minimum atomic E-state index is -0.185. The first-order valence-electron chi connectivity index (χ1n) is 12.6. The SMILES string of the molecule is Cc1cn(-c2ccnc(Nc3cc(C)c(OCCN4CCCC4)c(C)c3)n2)cc1CN1CC(O)C1. The van der Waals surface area contributed by atoms with E-state index < -0.39 is 0 Å². The second kappa shape index (κ2) is 10.4. The fraction of sp³-hybridized carbons (Fsp3) is 0.481. The van der Waals surface area contributed by atoms with Gasteiger partial charge >= 0.3 is 0 Å². The number of ether oxygens (including phenoxy) is 1. The van der Waals surface area contributed by atoms with Crippen molar-refractivity contribution in [2.24, 2.45) is 0 Å². The van der Waals surface area contributed by atoms with Crippen LogP contribution in [0.4, 0.5) is 11.6 Å². The number of anilines is 2.